The Kier molecular flexibility index (Phi) is 7.60. The van der Waals surface area contributed by atoms with Crippen molar-refractivity contribution in [2.75, 3.05) is 5.32 Å². The van der Waals surface area contributed by atoms with Gasteiger partial charge in [-0.25, -0.2) is 9.78 Å². The largest absolute Gasteiger partial charge is 0.423 e. The number of carbonyl (C=O) groups is 2. The number of rotatable bonds is 6. The summed E-state index contributed by atoms with van der Waals surface area (Å²) >= 11 is 11.9. The molecule has 156 valence electrons. The minimum atomic E-state index is -0.517. The molecule has 0 aliphatic rings. The zero-order valence-corrected chi connectivity index (χ0v) is 18.0. The van der Waals surface area contributed by atoms with Crippen LogP contribution in [0.15, 0.2) is 66.9 Å². The molecule has 0 fully saturated rings. The first kappa shape index (κ1) is 22.3. The van der Waals surface area contributed by atoms with E-state index in [1.54, 1.807) is 48.7 Å². The van der Waals surface area contributed by atoms with Crippen LogP contribution in [0.25, 0.3) is 18.2 Å². The summed E-state index contributed by atoms with van der Waals surface area (Å²) in [7, 11) is 0. The van der Waals surface area contributed by atoms with Gasteiger partial charge in [-0.1, -0.05) is 53.6 Å². The van der Waals surface area contributed by atoms with E-state index in [0.717, 1.165) is 11.1 Å². The molecule has 1 N–H and O–H groups in total. The molecule has 3 rings (SSSR count). The van der Waals surface area contributed by atoms with Crippen LogP contribution in [-0.4, -0.2) is 16.9 Å². The molecule has 1 aromatic heterocycles. The first-order valence-corrected chi connectivity index (χ1v) is 10.0. The van der Waals surface area contributed by atoms with Crippen LogP contribution in [0, 0.1) is 0 Å². The maximum atomic E-state index is 12.0. The number of benzene rings is 2. The van der Waals surface area contributed by atoms with Gasteiger partial charge >= 0.3 is 5.97 Å². The van der Waals surface area contributed by atoms with Gasteiger partial charge in [0, 0.05) is 29.2 Å². The average Bonchev–Trinajstić information content (AvgIpc) is 2.72. The van der Waals surface area contributed by atoms with E-state index < -0.39 is 5.97 Å². The Balaban J connectivity index is 1.59. The zero-order chi connectivity index (χ0) is 22.2. The van der Waals surface area contributed by atoms with Crippen molar-refractivity contribution in [3.63, 3.8) is 0 Å². The number of hydrogen-bond donors (Lipinski definition) is 1. The van der Waals surface area contributed by atoms with Crippen molar-refractivity contribution in [1.82, 2.24) is 4.98 Å². The second-order valence-electron chi connectivity index (χ2n) is 6.48. The van der Waals surface area contributed by atoms with E-state index in [1.165, 1.54) is 13.0 Å². The van der Waals surface area contributed by atoms with E-state index in [-0.39, 0.29) is 5.91 Å². The highest BCUT2D eigenvalue weighted by molar-refractivity contribution is 6.35. The normalized spacial score (nSPS) is 11.1. The topological polar surface area (TPSA) is 68.3 Å². The van der Waals surface area contributed by atoms with Crippen molar-refractivity contribution in [2.45, 2.75) is 6.92 Å². The fourth-order valence-corrected chi connectivity index (χ4v) is 3.05. The number of nitrogens with one attached hydrogen (secondary N) is 1. The third-order valence-corrected chi connectivity index (χ3v) is 4.58. The van der Waals surface area contributed by atoms with Crippen LogP contribution in [0.4, 0.5) is 5.82 Å². The van der Waals surface area contributed by atoms with Crippen molar-refractivity contribution in [3.8, 4) is 5.75 Å². The van der Waals surface area contributed by atoms with Gasteiger partial charge < -0.3 is 10.1 Å². The summed E-state index contributed by atoms with van der Waals surface area (Å²) in [5, 5.41) is 3.62. The second kappa shape index (κ2) is 10.6. The number of ether oxygens (including phenoxy) is 1. The van der Waals surface area contributed by atoms with E-state index >= 15 is 0 Å². The maximum absolute atomic E-state index is 12.0. The summed E-state index contributed by atoms with van der Waals surface area (Å²) in [5.74, 6) is 0.220. The highest BCUT2D eigenvalue weighted by Gasteiger charge is 2.03. The number of halogens is 2. The molecule has 0 radical (unpaired) electrons. The van der Waals surface area contributed by atoms with Gasteiger partial charge in [0.15, 0.2) is 0 Å². The molecule has 31 heavy (non-hydrogen) atoms. The summed E-state index contributed by atoms with van der Waals surface area (Å²) in [6, 6.07) is 15.7. The lowest BCUT2D eigenvalue weighted by Crippen LogP contribution is -2.07. The number of carbonyl (C=O) groups excluding carboxylic acids is 2. The van der Waals surface area contributed by atoms with Gasteiger partial charge in [0.25, 0.3) is 0 Å². The number of amides is 1. The molecule has 0 aliphatic carbocycles. The first-order valence-electron chi connectivity index (χ1n) is 9.26. The van der Waals surface area contributed by atoms with Gasteiger partial charge in [-0.3, -0.25) is 4.79 Å². The van der Waals surface area contributed by atoms with Crippen molar-refractivity contribution in [3.05, 3.63) is 93.6 Å². The number of pyridine rings is 1. The van der Waals surface area contributed by atoms with Gasteiger partial charge in [0.05, 0.1) is 0 Å². The van der Waals surface area contributed by atoms with Crippen LogP contribution in [-0.2, 0) is 9.59 Å². The molecule has 0 unspecified atom stereocenters. The van der Waals surface area contributed by atoms with Crippen LogP contribution < -0.4 is 10.1 Å². The summed E-state index contributed by atoms with van der Waals surface area (Å²) in [5.41, 5.74) is 2.47. The highest BCUT2D eigenvalue weighted by Crippen LogP contribution is 2.22. The SMILES string of the molecule is CC(=O)Nc1cc(/C=C/c2ccc(OC(=O)/C=C/c3ccc(Cl)cc3Cl)cc2)ccn1. The van der Waals surface area contributed by atoms with Gasteiger partial charge in [-0.2, -0.15) is 0 Å². The van der Waals surface area contributed by atoms with E-state index in [0.29, 0.717) is 27.2 Å². The van der Waals surface area contributed by atoms with Crippen LogP contribution in [0.5, 0.6) is 5.75 Å². The standard InChI is InChI=1S/C24H18Cl2N2O3/c1-16(29)28-23-14-18(12-13-27-23)3-2-17-4-9-21(10-5-17)31-24(30)11-7-19-6-8-20(25)15-22(19)26/h2-15H,1H3,(H,27,28,29)/b3-2+,11-7+. The smallest absolute Gasteiger partial charge is 0.336 e. The minimum Gasteiger partial charge on any atom is -0.423 e. The first-order chi connectivity index (χ1) is 14.9. The Morgan fingerprint density at radius 1 is 0.935 bits per heavy atom. The lowest BCUT2D eigenvalue weighted by Gasteiger charge is -2.03. The monoisotopic (exact) mass is 452 g/mol. The molecule has 0 spiro atoms. The van der Waals surface area contributed by atoms with Gasteiger partial charge in [0.1, 0.15) is 11.6 Å². The Labute approximate surface area is 190 Å². The second-order valence-corrected chi connectivity index (χ2v) is 7.32. The number of anilines is 1. The molecule has 5 nitrogen and oxygen atoms in total. The third kappa shape index (κ3) is 7.10. The predicted octanol–water partition coefficient (Wildman–Crippen LogP) is 6.14. The highest BCUT2D eigenvalue weighted by atomic mass is 35.5. The Hall–Kier alpha value is -3.41. The van der Waals surface area contributed by atoms with E-state index in [1.807, 2.05) is 30.4 Å². The summed E-state index contributed by atoms with van der Waals surface area (Å²) in [6.45, 7) is 1.43. The molecular weight excluding hydrogens is 435 g/mol. The molecule has 1 heterocycles. The lowest BCUT2D eigenvalue weighted by molar-refractivity contribution is -0.128. The molecule has 1 amide bonds. The van der Waals surface area contributed by atoms with Crippen molar-refractivity contribution in [1.29, 1.82) is 0 Å². The molecular formula is C24H18Cl2N2O3. The van der Waals surface area contributed by atoms with Crippen LogP contribution in [0.1, 0.15) is 23.6 Å². The number of hydrogen-bond acceptors (Lipinski definition) is 4. The average molecular weight is 453 g/mol. The molecule has 0 atom stereocenters. The molecule has 0 bridgehead atoms. The van der Waals surface area contributed by atoms with Crippen LogP contribution >= 0.6 is 23.2 Å². The number of nitrogens with zero attached hydrogens (tertiary/aromatic N) is 1. The number of esters is 1. The molecule has 0 saturated carbocycles. The van der Waals surface area contributed by atoms with Crippen molar-refractivity contribution < 1.29 is 14.3 Å². The van der Waals surface area contributed by atoms with Gasteiger partial charge in [0.2, 0.25) is 5.91 Å². The van der Waals surface area contributed by atoms with E-state index in [4.69, 9.17) is 27.9 Å². The van der Waals surface area contributed by atoms with Gasteiger partial charge in [-0.15, -0.1) is 0 Å². The summed E-state index contributed by atoms with van der Waals surface area (Å²) in [4.78, 5) is 27.3. The Morgan fingerprint density at radius 2 is 1.68 bits per heavy atom. The zero-order valence-electron chi connectivity index (χ0n) is 16.5. The Morgan fingerprint density at radius 3 is 2.39 bits per heavy atom. The minimum absolute atomic E-state index is 0.176. The molecule has 2 aromatic carbocycles. The van der Waals surface area contributed by atoms with Crippen molar-refractivity contribution in [2.24, 2.45) is 0 Å². The lowest BCUT2D eigenvalue weighted by atomic mass is 10.1. The molecule has 0 aliphatic heterocycles. The molecule has 7 heteroatoms. The quantitative estimate of drug-likeness (QED) is 0.277. The van der Waals surface area contributed by atoms with Crippen LogP contribution in [0.2, 0.25) is 10.0 Å². The van der Waals surface area contributed by atoms with E-state index in [9.17, 15) is 9.59 Å². The van der Waals surface area contributed by atoms with Gasteiger partial charge in [-0.05, 0) is 59.2 Å². The maximum Gasteiger partial charge on any atom is 0.336 e. The summed E-state index contributed by atoms with van der Waals surface area (Å²) < 4.78 is 5.30. The third-order valence-electron chi connectivity index (χ3n) is 4.02. The Bertz CT molecular complexity index is 1160. The fourth-order valence-electron chi connectivity index (χ4n) is 2.58. The fraction of sp³-hybridized carbons (Fsp3) is 0.0417. The molecule has 3 aromatic rings. The number of aromatic nitrogens is 1. The molecule has 0 saturated heterocycles. The van der Waals surface area contributed by atoms with Crippen molar-refractivity contribution >= 4 is 59.1 Å². The predicted molar refractivity (Wildman–Crippen MR) is 125 cm³/mol. The van der Waals surface area contributed by atoms with E-state index in [2.05, 4.69) is 10.3 Å². The summed E-state index contributed by atoms with van der Waals surface area (Å²) in [6.07, 6.45) is 8.30. The van der Waals surface area contributed by atoms with Crippen LogP contribution in [0.3, 0.4) is 0 Å².